The Labute approximate surface area is 100 Å². The quantitative estimate of drug-likeness (QED) is 0.716. The van der Waals surface area contributed by atoms with Crippen LogP contribution in [0, 0.1) is 6.92 Å². The predicted octanol–water partition coefficient (Wildman–Crippen LogP) is 0.640. The van der Waals surface area contributed by atoms with E-state index in [0.29, 0.717) is 11.3 Å². The molecule has 0 bridgehead atoms. The second-order valence-electron chi connectivity index (χ2n) is 3.90. The van der Waals surface area contributed by atoms with E-state index in [1.807, 2.05) is 19.1 Å². The number of nitrogens with two attached hydrogens (primary N) is 1. The molecule has 4 N–H and O–H groups in total. The smallest absolute Gasteiger partial charge is 0.254 e. The number of primary amides is 1. The summed E-state index contributed by atoms with van der Waals surface area (Å²) in [6.07, 6.45) is 0. The van der Waals surface area contributed by atoms with Crippen molar-refractivity contribution >= 4 is 17.5 Å². The standard InChI is InChI=1S/C12H17N3O2/c1-7-4-5-10(14-3)9(6-7)12(17)15-8(2)11(13)16/h4-6,8,14H,1-3H3,(H2,13,16)(H,15,17). The molecule has 1 aromatic rings. The second-order valence-corrected chi connectivity index (χ2v) is 3.90. The van der Waals surface area contributed by atoms with Crippen LogP contribution in [-0.2, 0) is 4.79 Å². The summed E-state index contributed by atoms with van der Waals surface area (Å²) in [5.41, 5.74) is 7.28. The third kappa shape index (κ3) is 3.21. The van der Waals surface area contributed by atoms with Gasteiger partial charge in [0.25, 0.3) is 5.91 Å². The first-order valence-corrected chi connectivity index (χ1v) is 5.34. The average Bonchev–Trinajstić information content (AvgIpc) is 2.28. The van der Waals surface area contributed by atoms with Gasteiger partial charge in [-0.1, -0.05) is 11.6 Å². The first kappa shape index (κ1) is 13.0. The molecule has 5 heteroatoms. The number of anilines is 1. The third-order valence-electron chi connectivity index (χ3n) is 2.46. The van der Waals surface area contributed by atoms with Crippen LogP contribution < -0.4 is 16.4 Å². The van der Waals surface area contributed by atoms with Crippen LogP contribution in [0.4, 0.5) is 5.69 Å². The Bertz CT molecular complexity index is 443. The number of carbonyl (C=O) groups excluding carboxylic acids is 2. The van der Waals surface area contributed by atoms with Crippen LogP contribution in [0.1, 0.15) is 22.8 Å². The lowest BCUT2D eigenvalue weighted by Crippen LogP contribution is -2.42. The number of hydrogen-bond acceptors (Lipinski definition) is 3. The Balaban J connectivity index is 2.95. The molecule has 0 saturated carbocycles. The van der Waals surface area contributed by atoms with Gasteiger partial charge in [0, 0.05) is 12.7 Å². The molecule has 92 valence electrons. The summed E-state index contributed by atoms with van der Waals surface area (Å²) in [4.78, 5) is 22.8. The minimum atomic E-state index is -0.687. The van der Waals surface area contributed by atoms with Gasteiger partial charge in [0.15, 0.2) is 0 Å². The first-order valence-electron chi connectivity index (χ1n) is 5.34. The minimum Gasteiger partial charge on any atom is -0.387 e. The van der Waals surface area contributed by atoms with Gasteiger partial charge < -0.3 is 16.4 Å². The zero-order valence-electron chi connectivity index (χ0n) is 10.2. The molecule has 0 spiro atoms. The number of amides is 2. The van der Waals surface area contributed by atoms with Crippen molar-refractivity contribution in [2.75, 3.05) is 12.4 Å². The highest BCUT2D eigenvalue weighted by molar-refractivity contribution is 6.01. The summed E-state index contributed by atoms with van der Waals surface area (Å²) in [6.45, 7) is 3.45. The van der Waals surface area contributed by atoms with E-state index in [2.05, 4.69) is 10.6 Å². The summed E-state index contributed by atoms with van der Waals surface area (Å²) in [6, 6.07) is 4.79. The molecule has 1 rings (SSSR count). The van der Waals surface area contributed by atoms with E-state index in [9.17, 15) is 9.59 Å². The molecule has 0 heterocycles. The molecule has 1 atom stereocenters. The van der Waals surface area contributed by atoms with E-state index in [4.69, 9.17) is 5.73 Å². The molecular weight excluding hydrogens is 218 g/mol. The SMILES string of the molecule is CNc1ccc(C)cc1C(=O)NC(C)C(N)=O. The van der Waals surface area contributed by atoms with Crippen LogP contribution in [-0.4, -0.2) is 24.9 Å². The topological polar surface area (TPSA) is 84.2 Å². The molecule has 0 fully saturated rings. The maximum Gasteiger partial charge on any atom is 0.254 e. The van der Waals surface area contributed by atoms with E-state index in [1.165, 1.54) is 0 Å². The molecule has 1 unspecified atom stereocenters. The van der Waals surface area contributed by atoms with Crippen molar-refractivity contribution < 1.29 is 9.59 Å². The monoisotopic (exact) mass is 235 g/mol. The fraction of sp³-hybridized carbons (Fsp3) is 0.333. The maximum atomic E-state index is 11.9. The molecular formula is C12H17N3O2. The van der Waals surface area contributed by atoms with Crippen LogP contribution in [0.15, 0.2) is 18.2 Å². The Morgan fingerprint density at radius 1 is 1.35 bits per heavy atom. The van der Waals surface area contributed by atoms with Crippen molar-refractivity contribution in [1.82, 2.24) is 5.32 Å². The summed E-state index contributed by atoms with van der Waals surface area (Å²) in [5, 5.41) is 5.47. The largest absolute Gasteiger partial charge is 0.387 e. The lowest BCUT2D eigenvalue weighted by molar-refractivity contribution is -0.119. The highest BCUT2D eigenvalue weighted by Crippen LogP contribution is 2.16. The molecule has 0 aromatic heterocycles. The van der Waals surface area contributed by atoms with Crippen molar-refractivity contribution in [1.29, 1.82) is 0 Å². The molecule has 0 aliphatic heterocycles. The van der Waals surface area contributed by atoms with Crippen molar-refractivity contribution in [3.8, 4) is 0 Å². The molecule has 0 radical (unpaired) electrons. The number of aryl methyl sites for hydroxylation is 1. The van der Waals surface area contributed by atoms with Gasteiger partial charge >= 0.3 is 0 Å². The maximum absolute atomic E-state index is 11.9. The van der Waals surface area contributed by atoms with E-state index in [-0.39, 0.29) is 5.91 Å². The molecule has 0 aliphatic carbocycles. The number of benzene rings is 1. The lowest BCUT2D eigenvalue weighted by Gasteiger charge is -2.13. The summed E-state index contributed by atoms with van der Waals surface area (Å²) in [7, 11) is 1.74. The van der Waals surface area contributed by atoms with Crippen LogP contribution in [0.2, 0.25) is 0 Å². The van der Waals surface area contributed by atoms with Crippen molar-refractivity contribution in [2.24, 2.45) is 5.73 Å². The van der Waals surface area contributed by atoms with Crippen LogP contribution in [0.5, 0.6) is 0 Å². The van der Waals surface area contributed by atoms with Crippen LogP contribution >= 0.6 is 0 Å². The summed E-state index contributed by atoms with van der Waals surface area (Å²) < 4.78 is 0. The Hall–Kier alpha value is -2.04. The second kappa shape index (κ2) is 5.34. The first-order chi connectivity index (χ1) is 7.95. The van der Waals surface area contributed by atoms with Crippen molar-refractivity contribution in [2.45, 2.75) is 19.9 Å². The van der Waals surface area contributed by atoms with Gasteiger partial charge in [-0.15, -0.1) is 0 Å². The van der Waals surface area contributed by atoms with Gasteiger partial charge in [-0.05, 0) is 26.0 Å². The lowest BCUT2D eigenvalue weighted by atomic mass is 10.1. The van der Waals surface area contributed by atoms with E-state index in [1.54, 1.807) is 20.0 Å². The van der Waals surface area contributed by atoms with E-state index >= 15 is 0 Å². The summed E-state index contributed by atoms with van der Waals surface area (Å²) >= 11 is 0. The normalized spacial score (nSPS) is 11.7. The molecule has 1 aromatic carbocycles. The molecule has 2 amide bonds. The zero-order valence-corrected chi connectivity index (χ0v) is 10.2. The number of carbonyl (C=O) groups is 2. The van der Waals surface area contributed by atoms with Gasteiger partial charge in [-0.25, -0.2) is 0 Å². The number of nitrogens with one attached hydrogen (secondary N) is 2. The van der Waals surface area contributed by atoms with E-state index in [0.717, 1.165) is 5.56 Å². The summed E-state index contributed by atoms with van der Waals surface area (Å²) in [5.74, 6) is -0.874. The fourth-order valence-corrected chi connectivity index (χ4v) is 1.41. The van der Waals surface area contributed by atoms with Crippen molar-refractivity contribution in [3.63, 3.8) is 0 Å². The predicted molar refractivity (Wildman–Crippen MR) is 66.8 cm³/mol. The average molecular weight is 235 g/mol. The zero-order chi connectivity index (χ0) is 13.0. The molecule has 17 heavy (non-hydrogen) atoms. The van der Waals surface area contributed by atoms with Crippen LogP contribution in [0.25, 0.3) is 0 Å². The molecule has 0 aliphatic rings. The van der Waals surface area contributed by atoms with Gasteiger partial charge in [-0.3, -0.25) is 9.59 Å². The minimum absolute atomic E-state index is 0.315. The highest BCUT2D eigenvalue weighted by Gasteiger charge is 2.16. The fourth-order valence-electron chi connectivity index (χ4n) is 1.41. The number of hydrogen-bond donors (Lipinski definition) is 3. The highest BCUT2D eigenvalue weighted by atomic mass is 16.2. The Morgan fingerprint density at radius 2 is 2.00 bits per heavy atom. The van der Waals surface area contributed by atoms with Crippen LogP contribution in [0.3, 0.4) is 0 Å². The number of rotatable bonds is 4. The third-order valence-corrected chi connectivity index (χ3v) is 2.46. The Morgan fingerprint density at radius 3 is 2.53 bits per heavy atom. The van der Waals surface area contributed by atoms with E-state index < -0.39 is 11.9 Å². The van der Waals surface area contributed by atoms with Gasteiger partial charge in [0.1, 0.15) is 6.04 Å². The molecule has 5 nitrogen and oxygen atoms in total. The van der Waals surface area contributed by atoms with Gasteiger partial charge in [0.05, 0.1) is 5.56 Å². The van der Waals surface area contributed by atoms with Crippen molar-refractivity contribution in [3.05, 3.63) is 29.3 Å². The van der Waals surface area contributed by atoms with Gasteiger partial charge in [0.2, 0.25) is 5.91 Å². The van der Waals surface area contributed by atoms with Gasteiger partial charge in [-0.2, -0.15) is 0 Å². The Kier molecular flexibility index (Phi) is 4.09. The molecule has 0 saturated heterocycles.